The second kappa shape index (κ2) is 3.20. The molecule has 0 aromatic rings. The van der Waals surface area contributed by atoms with Crippen LogP contribution in [-0.4, -0.2) is 19.0 Å². The first-order chi connectivity index (χ1) is 6.93. The summed E-state index contributed by atoms with van der Waals surface area (Å²) >= 11 is 0. The maximum absolute atomic E-state index is 9.18. The number of nitrogens with zero attached hydrogens (tertiary/aromatic N) is 1. The third-order valence-corrected chi connectivity index (χ3v) is 3.89. The molecule has 84 valence electrons. The van der Waals surface area contributed by atoms with Gasteiger partial charge < -0.3 is 9.47 Å². The van der Waals surface area contributed by atoms with Crippen molar-refractivity contribution in [2.75, 3.05) is 13.2 Å². The Morgan fingerprint density at radius 3 is 2.13 bits per heavy atom. The van der Waals surface area contributed by atoms with Gasteiger partial charge in [0.15, 0.2) is 5.79 Å². The SMILES string of the molecule is CC1(C#N)CCC2(OCCO2)C(C)(C)C1. The molecule has 3 heteroatoms. The standard InChI is InChI=1S/C12H19NO2/c1-10(2)8-11(3,9-13)4-5-12(10)14-6-7-15-12/h4-8H2,1-3H3. The van der Waals surface area contributed by atoms with Gasteiger partial charge in [-0.2, -0.15) is 5.26 Å². The van der Waals surface area contributed by atoms with Gasteiger partial charge in [-0.05, 0) is 19.8 Å². The summed E-state index contributed by atoms with van der Waals surface area (Å²) in [4.78, 5) is 0. The summed E-state index contributed by atoms with van der Waals surface area (Å²) in [5.41, 5.74) is -0.295. The van der Waals surface area contributed by atoms with E-state index in [-0.39, 0.29) is 10.8 Å². The molecule has 0 radical (unpaired) electrons. The van der Waals surface area contributed by atoms with Crippen molar-refractivity contribution in [3.8, 4) is 6.07 Å². The van der Waals surface area contributed by atoms with Gasteiger partial charge in [-0.3, -0.25) is 0 Å². The van der Waals surface area contributed by atoms with Gasteiger partial charge in [-0.1, -0.05) is 13.8 Å². The van der Waals surface area contributed by atoms with Gasteiger partial charge in [0.2, 0.25) is 0 Å². The summed E-state index contributed by atoms with van der Waals surface area (Å²) in [5, 5.41) is 9.18. The monoisotopic (exact) mass is 209 g/mol. The number of hydrogen-bond acceptors (Lipinski definition) is 3. The zero-order chi connectivity index (χ0) is 11.2. The first kappa shape index (κ1) is 10.9. The lowest BCUT2D eigenvalue weighted by Crippen LogP contribution is -2.52. The highest BCUT2D eigenvalue weighted by Gasteiger charge is 2.56. The Labute approximate surface area is 91.4 Å². The third-order valence-electron chi connectivity index (χ3n) is 3.89. The minimum absolute atomic E-state index is 0.0772. The van der Waals surface area contributed by atoms with Crippen molar-refractivity contribution in [1.29, 1.82) is 5.26 Å². The molecule has 0 bridgehead atoms. The lowest BCUT2D eigenvalue weighted by molar-refractivity contribution is -0.256. The van der Waals surface area contributed by atoms with Gasteiger partial charge in [0.1, 0.15) is 0 Å². The lowest BCUT2D eigenvalue weighted by Gasteiger charge is -2.50. The minimum Gasteiger partial charge on any atom is -0.347 e. The summed E-state index contributed by atoms with van der Waals surface area (Å²) in [6, 6.07) is 2.43. The average molecular weight is 209 g/mol. The van der Waals surface area contributed by atoms with Gasteiger partial charge >= 0.3 is 0 Å². The number of nitriles is 1. The van der Waals surface area contributed by atoms with Crippen LogP contribution in [-0.2, 0) is 9.47 Å². The molecule has 2 rings (SSSR count). The molecule has 1 heterocycles. The van der Waals surface area contributed by atoms with Crippen LogP contribution in [0.5, 0.6) is 0 Å². The van der Waals surface area contributed by atoms with Crippen LogP contribution in [0, 0.1) is 22.2 Å². The highest BCUT2D eigenvalue weighted by atomic mass is 16.7. The fourth-order valence-electron chi connectivity index (χ4n) is 3.06. The predicted molar refractivity (Wildman–Crippen MR) is 56.0 cm³/mol. The van der Waals surface area contributed by atoms with Gasteiger partial charge in [-0.25, -0.2) is 0 Å². The maximum atomic E-state index is 9.18. The Bertz CT molecular complexity index is 299. The van der Waals surface area contributed by atoms with Crippen LogP contribution >= 0.6 is 0 Å². The summed E-state index contributed by atoms with van der Waals surface area (Å²) < 4.78 is 11.6. The average Bonchev–Trinajstić information content (AvgIpc) is 2.62. The zero-order valence-corrected chi connectivity index (χ0v) is 9.80. The molecule has 3 nitrogen and oxygen atoms in total. The fourth-order valence-corrected chi connectivity index (χ4v) is 3.06. The van der Waals surface area contributed by atoms with Gasteiger partial charge in [0, 0.05) is 11.8 Å². The van der Waals surface area contributed by atoms with Crippen LogP contribution in [0.2, 0.25) is 0 Å². The van der Waals surface area contributed by atoms with Crippen LogP contribution < -0.4 is 0 Å². The van der Waals surface area contributed by atoms with E-state index >= 15 is 0 Å². The molecule has 1 aliphatic carbocycles. The number of rotatable bonds is 0. The highest BCUT2D eigenvalue weighted by molar-refractivity contribution is 5.07. The molecule has 0 amide bonds. The van der Waals surface area contributed by atoms with Gasteiger partial charge in [-0.15, -0.1) is 0 Å². The quantitative estimate of drug-likeness (QED) is 0.615. The van der Waals surface area contributed by atoms with E-state index in [1.54, 1.807) is 0 Å². The Morgan fingerprint density at radius 2 is 1.67 bits per heavy atom. The summed E-state index contributed by atoms with van der Waals surface area (Å²) in [5.74, 6) is -0.427. The lowest BCUT2D eigenvalue weighted by atomic mass is 9.61. The molecule has 2 fully saturated rings. The first-order valence-corrected chi connectivity index (χ1v) is 5.62. The molecule has 2 aliphatic rings. The molecule has 0 N–H and O–H groups in total. The predicted octanol–water partition coefficient (Wildman–Crippen LogP) is 2.47. The first-order valence-electron chi connectivity index (χ1n) is 5.62. The molecule has 1 spiro atoms. The minimum atomic E-state index is -0.427. The largest absolute Gasteiger partial charge is 0.347 e. The van der Waals surface area contributed by atoms with E-state index in [0.29, 0.717) is 13.2 Å². The number of ether oxygens (including phenoxy) is 2. The second-order valence-corrected chi connectivity index (χ2v) is 5.68. The van der Waals surface area contributed by atoms with E-state index in [1.165, 1.54) is 0 Å². The summed E-state index contributed by atoms with van der Waals surface area (Å²) in [7, 11) is 0. The molecule has 1 saturated carbocycles. The third kappa shape index (κ3) is 1.56. The van der Waals surface area contributed by atoms with E-state index in [2.05, 4.69) is 19.9 Å². The van der Waals surface area contributed by atoms with Crippen LogP contribution in [0.1, 0.15) is 40.0 Å². The number of hydrogen-bond donors (Lipinski definition) is 0. The zero-order valence-electron chi connectivity index (χ0n) is 9.80. The normalized spacial score (nSPS) is 37.7. The van der Waals surface area contributed by atoms with E-state index in [0.717, 1.165) is 19.3 Å². The van der Waals surface area contributed by atoms with Crippen molar-refractivity contribution in [2.24, 2.45) is 10.8 Å². The molecular formula is C12H19NO2. The van der Waals surface area contributed by atoms with Crippen molar-refractivity contribution in [3.05, 3.63) is 0 Å². The van der Waals surface area contributed by atoms with Crippen LogP contribution in [0.3, 0.4) is 0 Å². The molecule has 1 saturated heterocycles. The van der Waals surface area contributed by atoms with Gasteiger partial charge in [0.25, 0.3) is 0 Å². The van der Waals surface area contributed by atoms with Crippen LogP contribution in [0.15, 0.2) is 0 Å². The van der Waals surface area contributed by atoms with Crippen molar-refractivity contribution in [3.63, 3.8) is 0 Å². The molecule has 1 unspecified atom stereocenters. The highest BCUT2D eigenvalue weighted by Crippen LogP contribution is 2.54. The summed E-state index contributed by atoms with van der Waals surface area (Å²) in [6.07, 6.45) is 2.55. The molecule has 15 heavy (non-hydrogen) atoms. The van der Waals surface area contributed by atoms with Gasteiger partial charge in [0.05, 0.1) is 24.7 Å². The van der Waals surface area contributed by atoms with Crippen LogP contribution in [0.25, 0.3) is 0 Å². The van der Waals surface area contributed by atoms with E-state index in [4.69, 9.17) is 9.47 Å². The van der Waals surface area contributed by atoms with Crippen LogP contribution in [0.4, 0.5) is 0 Å². The Balaban J connectivity index is 2.24. The molecule has 0 aromatic heterocycles. The Morgan fingerprint density at radius 1 is 1.07 bits per heavy atom. The summed E-state index contributed by atoms with van der Waals surface area (Å²) in [6.45, 7) is 7.70. The van der Waals surface area contributed by atoms with E-state index < -0.39 is 5.79 Å². The molecule has 0 aromatic carbocycles. The molecule has 1 atom stereocenters. The second-order valence-electron chi connectivity index (χ2n) is 5.68. The topological polar surface area (TPSA) is 42.2 Å². The Hall–Kier alpha value is -0.590. The van der Waals surface area contributed by atoms with E-state index in [1.807, 2.05) is 6.92 Å². The molecule has 1 aliphatic heterocycles. The fraction of sp³-hybridized carbons (Fsp3) is 0.917. The van der Waals surface area contributed by atoms with Crippen molar-refractivity contribution >= 4 is 0 Å². The Kier molecular flexibility index (Phi) is 2.33. The van der Waals surface area contributed by atoms with Crippen molar-refractivity contribution < 1.29 is 9.47 Å². The van der Waals surface area contributed by atoms with Crippen molar-refractivity contribution in [1.82, 2.24) is 0 Å². The van der Waals surface area contributed by atoms with Crippen molar-refractivity contribution in [2.45, 2.75) is 45.8 Å². The molecular weight excluding hydrogens is 190 g/mol. The smallest absolute Gasteiger partial charge is 0.173 e. The van der Waals surface area contributed by atoms with E-state index in [9.17, 15) is 5.26 Å². The maximum Gasteiger partial charge on any atom is 0.173 e.